The van der Waals surface area contributed by atoms with Crippen LogP contribution in [0.15, 0.2) is 12.3 Å². The fraction of sp³-hybridized carbons (Fsp3) is 0.500. The third kappa shape index (κ3) is 2.94. The van der Waals surface area contributed by atoms with Crippen LogP contribution >= 0.6 is 23.2 Å². The number of likely N-dealkylation sites (tertiary alicyclic amines) is 1. The molecule has 0 aromatic carbocycles. The molecule has 1 aromatic heterocycles. The van der Waals surface area contributed by atoms with E-state index in [2.05, 4.69) is 4.98 Å². The van der Waals surface area contributed by atoms with Gasteiger partial charge >= 0.3 is 0 Å². The van der Waals surface area contributed by atoms with E-state index in [1.807, 2.05) is 0 Å². The van der Waals surface area contributed by atoms with E-state index >= 15 is 0 Å². The normalized spacial score (nSPS) is 19.9. The van der Waals surface area contributed by atoms with Gasteiger partial charge in [-0.15, -0.1) is 0 Å². The molecule has 1 amide bonds. The van der Waals surface area contributed by atoms with E-state index in [-0.39, 0.29) is 17.2 Å². The van der Waals surface area contributed by atoms with Gasteiger partial charge in [0.05, 0.1) is 16.7 Å². The molecule has 2 rings (SSSR count). The van der Waals surface area contributed by atoms with E-state index < -0.39 is 0 Å². The third-order valence-electron chi connectivity index (χ3n) is 3.05. The van der Waals surface area contributed by atoms with Gasteiger partial charge in [0.15, 0.2) is 0 Å². The molecule has 0 N–H and O–H groups in total. The van der Waals surface area contributed by atoms with Crippen molar-refractivity contribution in [1.82, 2.24) is 9.88 Å². The maximum atomic E-state index is 12.3. The first kappa shape index (κ1) is 13.6. The number of nitrogens with zero attached hydrogens (tertiary/aromatic N) is 2. The summed E-state index contributed by atoms with van der Waals surface area (Å²) >= 11 is 11.8. The van der Waals surface area contributed by atoms with E-state index in [1.165, 1.54) is 12.3 Å². The lowest BCUT2D eigenvalue weighted by molar-refractivity contribution is 0.0269. The molecule has 0 saturated carbocycles. The Morgan fingerprint density at radius 2 is 2.33 bits per heavy atom. The van der Waals surface area contributed by atoms with Gasteiger partial charge < -0.3 is 9.64 Å². The highest BCUT2D eigenvalue weighted by atomic mass is 35.5. The van der Waals surface area contributed by atoms with Crippen LogP contribution < -0.4 is 0 Å². The lowest BCUT2D eigenvalue weighted by Crippen LogP contribution is -2.43. The van der Waals surface area contributed by atoms with Crippen LogP contribution in [0.4, 0.5) is 0 Å². The topological polar surface area (TPSA) is 42.4 Å². The molecule has 2 heterocycles. The number of carbonyl (C=O) groups is 1. The first-order chi connectivity index (χ1) is 8.61. The fourth-order valence-electron chi connectivity index (χ4n) is 2.06. The van der Waals surface area contributed by atoms with Gasteiger partial charge in [-0.05, 0) is 18.9 Å². The molecule has 1 aliphatic heterocycles. The smallest absolute Gasteiger partial charge is 0.255 e. The van der Waals surface area contributed by atoms with Crippen LogP contribution in [0.25, 0.3) is 0 Å². The highest BCUT2D eigenvalue weighted by molar-refractivity contribution is 6.35. The lowest BCUT2D eigenvalue weighted by atomic mass is 10.1. The summed E-state index contributed by atoms with van der Waals surface area (Å²) in [7, 11) is 1.66. The van der Waals surface area contributed by atoms with Gasteiger partial charge in [0.2, 0.25) is 0 Å². The second kappa shape index (κ2) is 5.87. The Labute approximate surface area is 116 Å². The van der Waals surface area contributed by atoms with Crippen LogP contribution in [0.2, 0.25) is 10.2 Å². The Hall–Kier alpha value is -0.840. The van der Waals surface area contributed by atoms with Crippen LogP contribution in [-0.2, 0) is 4.74 Å². The molecule has 1 fully saturated rings. The minimum absolute atomic E-state index is 0.0961. The number of rotatable bonds is 2. The molecule has 1 aliphatic rings. The van der Waals surface area contributed by atoms with Crippen LogP contribution in [0.3, 0.4) is 0 Å². The van der Waals surface area contributed by atoms with Gasteiger partial charge in [-0.2, -0.15) is 0 Å². The number of ether oxygens (including phenoxy) is 1. The summed E-state index contributed by atoms with van der Waals surface area (Å²) in [5, 5.41) is 0.590. The lowest BCUT2D eigenvalue weighted by Gasteiger charge is -2.32. The number of hydrogen-bond acceptors (Lipinski definition) is 3. The molecule has 1 aromatic rings. The number of aromatic nitrogens is 1. The Morgan fingerprint density at radius 1 is 1.56 bits per heavy atom. The van der Waals surface area contributed by atoms with Crippen LogP contribution in [0.5, 0.6) is 0 Å². The predicted molar refractivity (Wildman–Crippen MR) is 70.2 cm³/mol. The molecule has 1 saturated heterocycles. The van der Waals surface area contributed by atoms with Crippen LogP contribution in [0, 0.1) is 0 Å². The highest BCUT2D eigenvalue weighted by Crippen LogP contribution is 2.22. The zero-order valence-electron chi connectivity index (χ0n) is 10.0. The molecule has 6 heteroatoms. The number of hydrogen-bond donors (Lipinski definition) is 0. The largest absolute Gasteiger partial charge is 0.380 e. The summed E-state index contributed by atoms with van der Waals surface area (Å²) in [6.07, 6.45) is 3.40. The van der Waals surface area contributed by atoms with Crippen molar-refractivity contribution in [1.29, 1.82) is 0 Å². The van der Waals surface area contributed by atoms with Crippen LogP contribution in [-0.4, -0.2) is 42.1 Å². The van der Waals surface area contributed by atoms with Gasteiger partial charge in [0, 0.05) is 26.4 Å². The van der Waals surface area contributed by atoms with E-state index in [0.717, 1.165) is 19.4 Å². The molecule has 4 nitrogen and oxygen atoms in total. The monoisotopic (exact) mass is 288 g/mol. The number of piperidine rings is 1. The number of carbonyl (C=O) groups excluding carboxylic acids is 1. The molecule has 1 atom stereocenters. The first-order valence-electron chi connectivity index (χ1n) is 5.75. The van der Waals surface area contributed by atoms with Crippen molar-refractivity contribution in [3.63, 3.8) is 0 Å². The van der Waals surface area contributed by atoms with E-state index in [0.29, 0.717) is 17.1 Å². The molecule has 98 valence electrons. The highest BCUT2D eigenvalue weighted by Gasteiger charge is 2.25. The molecule has 0 spiro atoms. The summed E-state index contributed by atoms with van der Waals surface area (Å²) < 4.78 is 5.30. The van der Waals surface area contributed by atoms with Crippen molar-refractivity contribution in [2.24, 2.45) is 0 Å². The minimum Gasteiger partial charge on any atom is -0.380 e. The van der Waals surface area contributed by atoms with Crippen LogP contribution in [0.1, 0.15) is 23.2 Å². The first-order valence-corrected chi connectivity index (χ1v) is 6.50. The summed E-state index contributed by atoms with van der Waals surface area (Å²) in [6.45, 7) is 1.31. The van der Waals surface area contributed by atoms with Gasteiger partial charge in [0.1, 0.15) is 5.15 Å². The molecule has 0 radical (unpaired) electrons. The van der Waals surface area contributed by atoms with E-state index in [4.69, 9.17) is 27.9 Å². The van der Waals surface area contributed by atoms with E-state index in [1.54, 1.807) is 12.0 Å². The summed E-state index contributed by atoms with van der Waals surface area (Å²) in [5.74, 6) is -0.119. The number of amides is 1. The Morgan fingerprint density at radius 3 is 3.06 bits per heavy atom. The summed E-state index contributed by atoms with van der Waals surface area (Å²) in [4.78, 5) is 17.9. The molecule has 1 unspecified atom stereocenters. The maximum absolute atomic E-state index is 12.3. The molecule has 0 aliphatic carbocycles. The molecular formula is C12H14Cl2N2O2. The summed E-state index contributed by atoms with van der Waals surface area (Å²) in [6, 6.07) is 1.50. The Bertz CT molecular complexity index is 454. The third-order valence-corrected chi connectivity index (χ3v) is 3.56. The minimum atomic E-state index is -0.119. The van der Waals surface area contributed by atoms with Crippen molar-refractivity contribution >= 4 is 29.1 Å². The second-order valence-corrected chi connectivity index (χ2v) is 5.03. The van der Waals surface area contributed by atoms with Gasteiger partial charge in [0.25, 0.3) is 5.91 Å². The molecule has 18 heavy (non-hydrogen) atoms. The summed E-state index contributed by atoms with van der Waals surface area (Å²) in [5.41, 5.74) is 0.397. The van der Waals surface area contributed by atoms with Gasteiger partial charge in [-0.1, -0.05) is 23.2 Å². The predicted octanol–water partition coefficient (Wildman–Crippen LogP) is 2.64. The quantitative estimate of drug-likeness (QED) is 0.786. The van der Waals surface area contributed by atoms with Crippen molar-refractivity contribution < 1.29 is 9.53 Å². The molecular weight excluding hydrogens is 275 g/mol. The zero-order valence-corrected chi connectivity index (χ0v) is 11.5. The Kier molecular flexibility index (Phi) is 4.43. The number of pyridine rings is 1. The van der Waals surface area contributed by atoms with E-state index in [9.17, 15) is 4.79 Å². The van der Waals surface area contributed by atoms with Crippen molar-refractivity contribution in [2.45, 2.75) is 18.9 Å². The number of halogens is 2. The second-order valence-electron chi connectivity index (χ2n) is 4.24. The van der Waals surface area contributed by atoms with Crippen molar-refractivity contribution in [2.75, 3.05) is 20.2 Å². The van der Waals surface area contributed by atoms with Crippen molar-refractivity contribution in [3.8, 4) is 0 Å². The van der Waals surface area contributed by atoms with Crippen molar-refractivity contribution in [3.05, 3.63) is 28.0 Å². The molecule has 0 bridgehead atoms. The zero-order chi connectivity index (χ0) is 13.1. The number of methoxy groups -OCH3 is 1. The average Bonchev–Trinajstić information content (AvgIpc) is 2.41. The standard InChI is InChI=1S/C12H14Cl2N2O2/c1-18-8-3-2-4-16(7-8)12(17)9-5-11(14)15-6-10(9)13/h5-6,8H,2-4,7H2,1H3. The fourth-order valence-corrected chi connectivity index (χ4v) is 2.40. The van der Waals surface area contributed by atoms with Gasteiger partial charge in [-0.3, -0.25) is 4.79 Å². The Balaban J connectivity index is 2.17. The average molecular weight is 289 g/mol. The maximum Gasteiger partial charge on any atom is 0.255 e. The SMILES string of the molecule is COC1CCCN(C(=O)c2cc(Cl)ncc2Cl)C1. The van der Waals surface area contributed by atoms with Gasteiger partial charge in [-0.25, -0.2) is 4.98 Å².